The van der Waals surface area contributed by atoms with Crippen LogP contribution in [0.1, 0.15) is 73.3 Å². The first-order valence-electron chi connectivity index (χ1n) is 16.1. The molecule has 5 aromatic rings. The van der Waals surface area contributed by atoms with Crippen molar-refractivity contribution in [2.45, 2.75) is 77.7 Å². The number of rotatable bonds is 2. The van der Waals surface area contributed by atoms with Crippen molar-refractivity contribution in [1.82, 2.24) is 29.8 Å². The zero-order valence-corrected chi connectivity index (χ0v) is 26.9. The van der Waals surface area contributed by atoms with Crippen LogP contribution in [0.25, 0.3) is 10.9 Å². The second kappa shape index (κ2) is 13.6. The van der Waals surface area contributed by atoms with Gasteiger partial charge in [0.25, 0.3) is 5.91 Å². The van der Waals surface area contributed by atoms with Crippen LogP contribution < -0.4 is 10.1 Å². The Kier molecular flexibility index (Phi) is 9.19. The van der Waals surface area contributed by atoms with Crippen LogP contribution in [-0.2, 0) is 30.9 Å². The van der Waals surface area contributed by atoms with Gasteiger partial charge in [-0.3, -0.25) is 14.3 Å². The molecule has 1 unspecified atom stereocenters. The summed E-state index contributed by atoms with van der Waals surface area (Å²) in [6, 6.07) is 24.2. The van der Waals surface area contributed by atoms with E-state index >= 15 is 0 Å². The molecule has 6 bridgehead atoms. The molecule has 0 saturated heterocycles. The average molecular weight is 619 g/mol. The van der Waals surface area contributed by atoms with Crippen LogP contribution >= 0.6 is 0 Å². The molecule has 2 aromatic heterocycles. The number of fused-ring (bicyclic) bond motifs is 11. The van der Waals surface area contributed by atoms with Crippen molar-refractivity contribution in [3.05, 3.63) is 114 Å². The minimum absolute atomic E-state index is 0.194. The number of hydrogen-bond donors (Lipinski definition) is 1. The van der Waals surface area contributed by atoms with E-state index in [9.17, 15) is 9.59 Å². The number of para-hydroxylation sites is 1. The highest BCUT2D eigenvalue weighted by Crippen LogP contribution is 2.29. The minimum atomic E-state index is -0.858. The molecule has 2 aliphatic rings. The summed E-state index contributed by atoms with van der Waals surface area (Å²) in [5.41, 5.74) is 3.84. The third-order valence-corrected chi connectivity index (χ3v) is 8.29. The molecule has 9 heteroatoms. The molecule has 0 fully saturated rings. The molecule has 2 aliphatic heterocycles. The first-order chi connectivity index (χ1) is 22.2. The topological polar surface area (TPSA) is 94.3 Å². The Morgan fingerprint density at radius 3 is 2.37 bits per heavy atom. The Bertz CT molecular complexity index is 1790. The highest BCUT2D eigenvalue weighted by molar-refractivity contribution is 5.98. The lowest BCUT2D eigenvalue weighted by atomic mass is 9.99. The van der Waals surface area contributed by atoms with Gasteiger partial charge < -0.3 is 19.5 Å². The number of ether oxygens (including phenoxy) is 1. The monoisotopic (exact) mass is 618 g/mol. The van der Waals surface area contributed by atoms with Gasteiger partial charge >= 0.3 is 0 Å². The fourth-order valence-electron chi connectivity index (χ4n) is 6.10. The van der Waals surface area contributed by atoms with Gasteiger partial charge in [-0.25, -0.2) is 0 Å². The van der Waals surface area contributed by atoms with Crippen molar-refractivity contribution in [2.24, 2.45) is 0 Å². The minimum Gasteiger partial charge on any atom is -0.487 e. The zero-order chi connectivity index (χ0) is 32.1. The van der Waals surface area contributed by atoms with Crippen molar-refractivity contribution in [1.29, 1.82) is 0 Å². The smallest absolute Gasteiger partial charge is 0.254 e. The van der Waals surface area contributed by atoms with Crippen LogP contribution in [0.4, 0.5) is 0 Å². The van der Waals surface area contributed by atoms with Crippen molar-refractivity contribution in [3.63, 3.8) is 0 Å². The third-order valence-electron chi connectivity index (χ3n) is 8.29. The number of carbonyl (C=O) groups is 2. The van der Waals surface area contributed by atoms with E-state index in [0.717, 1.165) is 43.6 Å². The van der Waals surface area contributed by atoms with Crippen molar-refractivity contribution < 1.29 is 14.3 Å². The second-order valence-electron chi connectivity index (χ2n) is 13.0. The summed E-state index contributed by atoms with van der Waals surface area (Å²) in [5, 5.41) is 12.9. The average Bonchev–Trinajstić information content (AvgIpc) is 3.65. The maximum absolute atomic E-state index is 14.3. The van der Waals surface area contributed by atoms with Crippen LogP contribution in [0.2, 0.25) is 0 Å². The van der Waals surface area contributed by atoms with E-state index in [0.29, 0.717) is 29.8 Å². The summed E-state index contributed by atoms with van der Waals surface area (Å²) in [4.78, 5) is 30.2. The zero-order valence-electron chi connectivity index (χ0n) is 26.9. The summed E-state index contributed by atoms with van der Waals surface area (Å²) in [6.07, 6.45) is 7.85. The molecule has 46 heavy (non-hydrogen) atoms. The molecule has 1 N–H and O–H groups in total. The first-order valence-corrected chi connectivity index (χ1v) is 16.1. The highest BCUT2D eigenvalue weighted by Gasteiger charge is 2.34. The second-order valence-corrected chi connectivity index (χ2v) is 13.0. The lowest BCUT2D eigenvalue weighted by Crippen LogP contribution is -2.49. The summed E-state index contributed by atoms with van der Waals surface area (Å²) in [6.45, 7) is 8.19. The molecule has 0 aliphatic carbocycles. The van der Waals surface area contributed by atoms with Crippen LogP contribution in [0, 0.1) is 0 Å². The van der Waals surface area contributed by atoms with E-state index in [-0.39, 0.29) is 18.4 Å². The largest absolute Gasteiger partial charge is 0.487 e. The number of amides is 2. The quantitative estimate of drug-likeness (QED) is 0.249. The van der Waals surface area contributed by atoms with E-state index in [4.69, 9.17) is 4.74 Å². The Morgan fingerprint density at radius 2 is 1.59 bits per heavy atom. The number of aromatic nitrogens is 4. The highest BCUT2D eigenvalue weighted by atomic mass is 16.5. The summed E-state index contributed by atoms with van der Waals surface area (Å²) in [5.74, 6) is 0.219. The molecule has 1 atom stereocenters. The fraction of sp³-hybridized carbons (Fsp3) is 0.351. The Labute approximate surface area is 270 Å². The van der Waals surface area contributed by atoms with E-state index in [1.54, 1.807) is 17.0 Å². The Morgan fingerprint density at radius 1 is 0.848 bits per heavy atom. The number of hydrogen-bond acceptors (Lipinski definition) is 5. The van der Waals surface area contributed by atoms with Crippen LogP contribution in [0.5, 0.6) is 5.75 Å². The molecule has 0 saturated carbocycles. The van der Waals surface area contributed by atoms with Gasteiger partial charge in [-0.2, -0.15) is 0 Å². The van der Waals surface area contributed by atoms with E-state index in [1.807, 2.05) is 74.1 Å². The summed E-state index contributed by atoms with van der Waals surface area (Å²) >= 11 is 0. The number of benzene rings is 3. The van der Waals surface area contributed by atoms with Gasteiger partial charge in [-0.15, -0.1) is 5.10 Å². The third kappa shape index (κ3) is 7.30. The maximum atomic E-state index is 14.3. The predicted octanol–water partition coefficient (Wildman–Crippen LogP) is 6.34. The molecule has 7 rings (SSSR count). The molecular formula is C37H42N6O3. The lowest BCUT2D eigenvalue weighted by Gasteiger charge is -2.34. The van der Waals surface area contributed by atoms with Gasteiger partial charge in [0.05, 0.1) is 6.20 Å². The fourth-order valence-corrected chi connectivity index (χ4v) is 6.10. The molecule has 0 spiro atoms. The standard InChI is InChI=1S/C37H42N6O3/c1-37(2,3)38-35(44)34-27-16-18-31(19-17-27)46-26-30-25-42(40-39-30)22-11-5-10-21-41-24-29(32-14-8-9-15-33(32)41)20-23-43(34)36(45)28-12-6-4-7-13-28/h4,6-9,12-19,24-25,34H,5,10-11,20-23,26H2,1-3H3,(H,38,44). The molecule has 2 amide bonds. The van der Waals surface area contributed by atoms with E-state index in [2.05, 4.69) is 50.7 Å². The number of aryl methyl sites for hydroxylation is 2. The van der Waals surface area contributed by atoms with Gasteiger partial charge in [0.15, 0.2) is 0 Å². The molecule has 4 heterocycles. The van der Waals surface area contributed by atoms with E-state index < -0.39 is 11.6 Å². The van der Waals surface area contributed by atoms with Gasteiger partial charge in [-0.1, -0.05) is 53.7 Å². The Hall–Kier alpha value is -4.92. The van der Waals surface area contributed by atoms with Crippen LogP contribution in [0.3, 0.4) is 0 Å². The first kappa shape index (κ1) is 31.1. The normalized spacial score (nSPS) is 16.4. The van der Waals surface area contributed by atoms with E-state index in [1.165, 1.54) is 10.9 Å². The van der Waals surface area contributed by atoms with Gasteiger partial charge in [-0.05, 0) is 87.9 Å². The van der Waals surface area contributed by atoms with Crippen molar-refractivity contribution in [2.75, 3.05) is 6.54 Å². The van der Waals surface area contributed by atoms with Gasteiger partial charge in [0, 0.05) is 47.8 Å². The molecular weight excluding hydrogens is 576 g/mol. The maximum Gasteiger partial charge on any atom is 0.254 e. The number of nitrogens with zero attached hydrogens (tertiary/aromatic N) is 5. The number of nitrogens with one attached hydrogen (secondary N) is 1. The van der Waals surface area contributed by atoms with Crippen LogP contribution in [-0.4, -0.2) is 48.4 Å². The number of carbonyl (C=O) groups excluding carboxylic acids is 2. The molecule has 238 valence electrons. The lowest BCUT2D eigenvalue weighted by molar-refractivity contribution is -0.127. The van der Waals surface area contributed by atoms with Gasteiger partial charge in [0.2, 0.25) is 5.91 Å². The van der Waals surface area contributed by atoms with Crippen molar-refractivity contribution >= 4 is 22.7 Å². The molecule has 0 radical (unpaired) electrons. The SMILES string of the molecule is CC(C)(C)NC(=O)C1c2ccc(cc2)OCc2cn(nn2)CCCCCn2cc(c3ccccc32)CCN1C(=O)c1ccccc1. The van der Waals surface area contributed by atoms with Crippen molar-refractivity contribution in [3.8, 4) is 5.75 Å². The van der Waals surface area contributed by atoms with Crippen LogP contribution in [0.15, 0.2) is 91.3 Å². The molecule has 9 nitrogen and oxygen atoms in total. The Balaban J connectivity index is 1.42. The predicted molar refractivity (Wildman–Crippen MR) is 178 cm³/mol. The summed E-state index contributed by atoms with van der Waals surface area (Å²) < 4.78 is 10.2. The molecule has 3 aromatic carbocycles. The van der Waals surface area contributed by atoms with Gasteiger partial charge in [0.1, 0.15) is 24.1 Å². The summed E-state index contributed by atoms with van der Waals surface area (Å²) in [7, 11) is 0.